The van der Waals surface area contributed by atoms with E-state index in [1.807, 2.05) is 18.2 Å². The molecule has 0 radical (unpaired) electrons. The molecule has 0 aliphatic carbocycles. The molecule has 0 spiro atoms. The molecule has 0 aliphatic heterocycles. The van der Waals surface area contributed by atoms with Crippen molar-refractivity contribution in [1.82, 2.24) is 4.72 Å². The van der Waals surface area contributed by atoms with Crippen LogP contribution in [0.15, 0.2) is 53.4 Å². The highest BCUT2D eigenvalue weighted by atomic mass is 32.2. The van der Waals surface area contributed by atoms with Crippen LogP contribution >= 0.6 is 0 Å². The summed E-state index contributed by atoms with van der Waals surface area (Å²) in [5, 5.41) is 8.93. The molecule has 6 nitrogen and oxygen atoms in total. The van der Waals surface area contributed by atoms with E-state index in [9.17, 15) is 13.2 Å². The molecule has 23 heavy (non-hydrogen) atoms. The van der Waals surface area contributed by atoms with E-state index < -0.39 is 16.0 Å². The van der Waals surface area contributed by atoms with Crippen LogP contribution in [0.2, 0.25) is 0 Å². The SMILES string of the molecule is COc1ccccc1CCNS(=O)(=O)c1cccc(C(=O)O)c1. The Kier molecular flexibility index (Phi) is 5.36. The summed E-state index contributed by atoms with van der Waals surface area (Å²) < 4.78 is 32.1. The minimum absolute atomic E-state index is 0.0717. The molecular formula is C16H17NO5S. The third-order valence-electron chi connectivity index (χ3n) is 3.27. The fourth-order valence-corrected chi connectivity index (χ4v) is 3.19. The van der Waals surface area contributed by atoms with E-state index in [1.165, 1.54) is 18.2 Å². The van der Waals surface area contributed by atoms with Crippen LogP contribution < -0.4 is 9.46 Å². The summed E-state index contributed by atoms with van der Waals surface area (Å²) in [5.41, 5.74) is 0.814. The number of carboxylic acids is 1. The van der Waals surface area contributed by atoms with Gasteiger partial charge in [0, 0.05) is 6.54 Å². The van der Waals surface area contributed by atoms with Crippen LogP contribution in [-0.2, 0) is 16.4 Å². The number of aromatic carboxylic acids is 1. The van der Waals surface area contributed by atoms with Gasteiger partial charge >= 0.3 is 5.97 Å². The van der Waals surface area contributed by atoms with Crippen LogP contribution in [0, 0.1) is 0 Å². The normalized spacial score (nSPS) is 11.2. The molecule has 0 atom stereocenters. The van der Waals surface area contributed by atoms with Gasteiger partial charge in [0.15, 0.2) is 0 Å². The third kappa shape index (κ3) is 4.30. The standard InChI is InChI=1S/C16H17NO5S/c1-22-15-8-3-2-5-12(15)9-10-17-23(20,21)14-7-4-6-13(11-14)16(18)19/h2-8,11,17H,9-10H2,1H3,(H,18,19). The molecule has 122 valence electrons. The van der Waals surface area contributed by atoms with Crippen LogP contribution in [0.1, 0.15) is 15.9 Å². The Balaban J connectivity index is 2.07. The molecule has 7 heteroatoms. The summed E-state index contributed by atoms with van der Waals surface area (Å²) in [6, 6.07) is 12.6. The number of para-hydroxylation sites is 1. The highest BCUT2D eigenvalue weighted by molar-refractivity contribution is 7.89. The molecule has 0 saturated heterocycles. The molecule has 0 saturated carbocycles. The second kappa shape index (κ2) is 7.26. The molecule has 0 unspecified atom stereocenters. The maximum Gasteiger partial charge on any atom is 0.335 e. The van der Waals surface area contributed by atoms with Crippen LogP contribution in [0.3, 0.4) is 0 Å². The fourth-order valence-electron chi connectivity index (χ4n) is 2.11. The average Bonchev–Trinajstić information content (AvgIpc) is 2.55. The first kappa shape index (κ1) is 17.0. The number of carbonyl (C=O) groups is 1. The Labute approximate surface area is 134 Å². The predicted molar refractivity (Wildman–Crippen MR) is 85.3 cm³/mol. The molecule has 2 aromatic carbocycles. The van der Waals surface area contributed by atoms with Crippen molar-refractivity contribution in [3.05, 3.63) is 59.7 Å². The van der Waals surface area contributed by atoms with Gasteiger partial charge in [-0.25, -0.2) is 17.9 Å². The van der Waals surface area contributed by atoms with Gasteiger partial charge in [-0.1, -0.05) is 24.3 Å². The molecule has 0 aromatic heterocycles. The van der Waals surface area contributed by atoms with Crippen LogP contribution in [-0.4, -0.2) is 33.1 Å². The summed E-state index contributed by atoms with van der Waals surface area (Å²) in [7, 11) is -2.20. The largest absolute Gasteiger partial charge is 0.496 e. The first-order valence-corrected chi connectivity index (χ1v) is 8.37. The summed E-state index contributed by atoms with van der Waals surface area (Å²) in [6.45, 7) is 0.181. The fraction of sp³-hybridized carbons (Fsp3) is 0.188. The number of hydrogen-bond donors (Lipinski definition) is 2. The Morgan fingerprint density at radius 2 is 1.91 bits per heavy atom. The smallest absolute Gasteiger partial charge is 0.335 e. The number of sulfonamides is 1. The van der Waals surface area contributed by atoms with E-state index in [-0.39, 0.29) is 17.0 Å². The molecule has 0 bridgehead atoms. The topological polar surface area (TPSA) is 92.7 Å². The lowest BCUT2D eigenvalue weighted by molar-refractivity contribution is 0.0696. The second-order valence-electron chi connectivity index (χ2n) is 4.79. The number of nitrogens with one attached hydrogen (secondary N) is 1. The first-order chi connectivity index (χ1) is 10.9. The minimum atomic E-state index is -3.76. The maximum atomic E-state index is 12.2. The van der Waals surface area contributed by atoms with E-state index in [4.69, 9.17) is 9.84 Å². The van der Waals surface area contributed by atoms with Gasteiger partial charge in [0.05, 0.1) is 17.6 Å². The molecule has 0 amide bonds. The molecule has 2 N–H and O–H groups in total. The monoisotopic (exact) mass is 335 g/mol. The van der Waals surface area contributed by atoms with Crippen molar-refractivity contribution in [2.75, 3.05) is 13.7 Å². The van der Waals surface area contributed by atoms with E-state index in [1.54, 1.807) is 13.2 Å². The summed E-state index contributed by atoms with van der Waals surface area (Å²) >= 11 is 0. The lowest BCUT2D eigenvalue weighted by Gasteiger charge is -2.10. The number of methoxy groups -OCH3 is 1. The van der Waals surface area contributed by atoms with Crippen molar-refractivity contribution in [3.63, 3.8) is 0 Å². The third-order valence-corrected chi connectivity index (χ3v) is 4.73. The van der Waals surface area contributed by atoms with Gasteiger partial charge in [-0.3, -0.25) is 0 Å². The number of benzene rings is 2. The van der Waals surface area contributed by atoms with Crippen molar-refractivity contribution >= 4 is 16.0 Å². The van der Waals surface area contributed by atoms with Gasteiger partial charge in [-0.15, -0.1) is 0 Å². The first-order valence-electron chi connectivity index (χ1n) is 6.89. The van der Waals surface area contributed by atoms with Crippen LogP contribution in [0.5, 0.6) is 5.75 Å². The summed E-state index contributed by atoms with van der Waals surface area (Å²) in [6.07, 6.45) is 0.460. The Morgan fingerprint density at radius 3 is 2.61 bits per heavy atom. The zero-order chi connectivity index (χ0) is 16.9. The number of ether oxygens (including phenoxy) is 1. The quantitative estimate of drug-likeness (QED) is 0.806. The molecule has 2 aromatic rings. The lowest BCUT2D eigenvalue weighted by Crippen LogP contribution is -2.26. The Morgan fingerprint density at radius 1 is 1.17 bits per heavy atom. The lowest BCUT2D eigenvalue weighted by atomic mass is 10.1. The number of hydrogen-bond acceptors (Lipinski definition) is 4. The average molecular weight is 335 g/mol. The molecule has 0 aliphatic rings. The van der Waals surface area contributed by atoms with Crippen molar-refractivity contribution in [2.45, 2.75) is 11.3 Å². The van der Waals surface area contributed by atoms with Gasteiger partial charge in [0.25, 0.3) is 0 Å². The van der Waals surface area contributed by atoms with E-state index in [0.29, 0.717) is 12.2 Å². The Hall–Kier alpha value is -2.38. The molecular weight excluding hydrogens is 318 g/mol. The number of rotatable bonds is 7. The minimum Gasteiger partial charge on any atom is -0.496 e. The van der Waals surface area contributed by atoms with E-state index in [2.05, 4.69) is 4.72 Å². The van der Waals surface area contributed by atoms with Crippen LogP contribution in [0.25, 0.3) is 0 Å². The van der Waals surface area contributed by atoms with Gasteiger partial charge in [0.2, 0.25) is 10.0 Å². The van der Waals surface area contributed by atoms with Gasteiger partial charge in [0.1, 0.15) is 5.75 Å². The predicted octanol–water partition coefficient (Wildman–Crippen LogP) is 1.91. The molecule has 0 fully saturated rings. The van der Waals surface area contributed by atoms with E-state index in [0.717, 1.165) is 11.6 Å². The van der Waals surface area contributed by atoms with Crippen molar-refractivity contribution in [1.29, 1.82) is 0 Å². The van der Waals surface area contributed by atoms with Gasteiger partial charge < -0.3 is 9.84 Å². The zero-order valence-corrected chi connectivity index (χ0v) is 13.3. The highest BCUT2D eigenvalue weighted by Crippen LogP contribution is 2.18. The second-order valence-corrected chi connectivity index (χ2v) is 6.56. The summed E-state index contributed by atoms with van der Waals surface area (Å²) in [5.74, 6) is -0.476. The van der Waals surface area contributed by atoms with Crippen molar-refractivity contribution in [3.8, 4) is 5.75 Å². The van der Waals surface area contributed by atoms with Crippen molar-refractivity contribution < 1.29 is 23.1 Å². The van der Waals surface area contributed by atoms with Gasteiger partial charge in [-0.05, 0) is 36.2 Å². The highest BCUT2D eigenvalue weighted by Gasteiger charge is 2.15. The van der Waals surface area contributed by atoms with Gasteiger partial charge in [-0.2, -0.15) is 0 Å². The van der Waals surface area contributed by atoms with E-state index >= 15 is 0 Å². The van der Waals surface area contributed by atoms with Crippen LogP contribution in [0.4, 0.5) is 0 Å². The summed E-state index contributed by atoms with van der Waals surface area (Å²) in [4.78, 5) is 10.8. The zero-order valence-electron chi connectivity index (χ0n) is 12.5. The Bertz CT molecular complexity index is 802. The molecule has 0 heterocycles. The molecule has 2 rings (SSSR count). The number of carboxylic acid groups (broad SMARTS) is 1. The maximum absolute atomic E-state index is 12.2. The van der Waals surface area contributed by atoms with Crippen molar-refractivity contribution in [2.24, 2.45) is 0 Å².